The maximum atomic E-state index is 13.9. The summed E-state index contributed by atoms with van der Waals surface area (Å²) in [6.45, 7) is 2.12. The second-order valence-corrected chi connectivity index (χ2v) is 5.05. The van der Waals surface area contributed by atoms with E-state index < -0.39 is 18.5 Å². The summed E-state index contributed by atoms with van der Waals surface area (Å²) in [7, 11) is 0. The molecule has 0 atom stereocenters. The number of hydrogen-bond acceptors (Lipinski definition) is 4. The zero-order valence-corrected chi connectivity index (χ0v) is 13.0. The molecule has 0 unspecified atom stereocenters. The molecule has 10 heteroatoms. The molecular formula is C15H16F4N6. The number of aromatic nitrogens is 2. The number of rotatable bonds is 6. The lowest BCUT2D eigenvalue weighted by atomic mass is 10.2. The van der Waals surface area contributed by atoms with Crippen molar-refractivity contribution in [1.82, 2.24) is 9.78 Å². The molecule has 2 aromatic rings. The van der Waals surface area contributed by atoms with E-state index in [2.05, 4.69) is 22.1 Å². The standard InChI is InChI=1S/C15H16F4N6/c1-2-10-12(13(20)23-21)24-25(14(10)22-8-15(17,18)19)7-9-5-3-4-6-11(9)16/h2-6,22H,1,7-8,21H2,(H2,20,23). The molecule has 0 radical (unpaired) electrons. The molecule has 1 aromatic heterocycles. The third-order valence-corrected chi connectivity index (χ3v) is 3.31. The Kier molecular flexibility index (Phi) is 5.30. The number of hydrazone groups is 1. The fourth-order valence-electron chi connectivity index (χ4n) is 2.19. The molecule has 2 rings (SSSR count). The number of alkyl halides is 3. The number of amidine groups is 1. The van der Waals surface area contributed by atoms with Gasteiger partial charge < -0.3 is 16.9 Å². The van der Waals surface area contributed by atoms with Crippen molar-refractivity contribution in [3.05, 3.63) is 53.5 Å². The highest BCUT2D eigenvalue weighted by molar-refractivity contribution is 6.00. The second-order valence-electron chi connectivity index (χ2n) is 5.05. The summed E-state index contributed by atoms with van der Waals surface area (Å²) in [6.07, 6.45) is -3.18. The highest BCUT2D eigenvalue weighted by Gasteiger charge is 2.29. The summed E-state index contributed by atoms with van der Waals surface area (Å²) in [5.74, 6) is 4.41. The second kappa shape index (κ2) is 7.24. The first-order chi connectivity index (χ1) is 11.8. The SMILES string of the molecule is C=Cc1c(/C(N)=N\N)nn(Cc2ccccc2F)c1NCC(F)(F)F. The van der Waals surface area contributed by atoms with E-state index in [-0.39, 0.29) is 35.0 Å². The van der Waals surface area contributed by atoms with E-state index in [0.717, 1.165) is 4.68 Å². The lowest BCUT2D eigenvalue weighted by Crippen LogP contribution is -2.23. The molecule has 0 spiro atoms. The van der Waals surface area contributed by atoms with Gasteiger partial charge >= 0.3 is 6.18 Å². The van der Waals surface area contributed by atoms with E-state index in [9.17, 15) is 17.6 Å². The number of hydrogen-bond donors (Lipinski definition) is 3. The van der Waals surface area contributed by atoms with Gasteiger partial charge in [0, 0.05) is 11.1 Å². The van der Waals surface area contributed by atoms with Crippen LogP contribution in [0, 0.1) is 5.82 Å². The maximum absolute atomic E-state index is 13.9. The van der Waals surface area contributed by atoms with Gasteiger partial charge in [-0.1, -0.05) is 30.9 Å². The molecule has 0 aliphatic carbocycles. The number of halogens is 4. The Hall–Kier alpha value is -3.04. The van der Waals surface area contributed by atoms with Crippen molar-refractivity contribution in [3.8, 4) is 0 Å². The van der Waals surface area contributed by atoms with Crippen LogP contribution in [-0.4, -0.2) is 28.3 Å². The Balaban J connectivity index is 2.50. The Morgan fingerprint density at radius 2 is 2.04 bits per heavy atom. The van der Waals surface area contributed by atoms with E-state index in [1.165, 1.54) is 24.3 Å². The van der Waals surface area contributed by atoms with Crippen molar-refractivity contribution in [2.24, 2.45) is 16.7 Å². The predicted molar refractivity (Wildman–Crippen MR) is 87.3 cm³/mol. The van der Waals surface area contributed by atoms with Crippen molar-refractivity contribution < 1.29 is 17.6 Å². The first-order valence-electron chi connectivity index (χ1n) is 7.07. The van der Waals surface area contributed by atoms with Gasteiger partial charge in [-0.25, -0.2) is 9.07 Å². The topological polar surface area (TPSA) is 94.2 Å². The average Bonchev–Trinajstić information content (AvgIpc) is 2.91. The summed E-state index contributed by atoms with van der Waals surface area (Å²) in [5, 5.41) is 9.65. The summed E-state index contributed by atoms with van der Waals surface area (Å²) >= 11 is 0. The van der Waals surface area contributed by atoms with E-state index in [4.69, 9.17) is 11.6 Å². The van der Waals surface area contributed by atoms with E-state index in [0.29, 0.717) is 0 Å². The Labute approximate surface area is 140 Å². The van der Waals surface area contributed by atoms with E-state index in [1.807, 2.05) is 0 Å². The van der Waals surface area contributed by atoms with E-state index in [1.54, 1.807) is 6.07 Å². The first-order valence-corrected chi connectivity index (χ1v) is 7.07. The Morgan fingerprint density at radius 1 is 1.36 bits per heavy atom. The average molecular weight is 356 g/mol. The molecule has 0 aliphatic heterocycles. The molecule has 1 aromatic carbocycles. The number of nitrogens with zero attached hydrogens (tertiary/aromatic N) is 3. The normalized spacial score (nSPS) is 12.2. The van der Waals surface area contributed by atoms with Crippen LogP contribution in [0.5, 0.6) is 0 Å². The molecule has 0 bridgehead atoms. The highest BCUT2D eigenvalue weighted by Crippen LogP contribution is 2.25. The van der Waals surface area contributed by atoms with Gasteiger partial charge in [0.05, 0.1) is 6.54 Å². The number of nitrogens with two attached hydrogens (primary N) is 2. The minimum atomic E-state index is -4.46. The van der Waals surface area contributed by atoms with Crippen molar-refractivity contribution in [2.45, 2.75) is 12.7 Å². The monoisotopic (exact) mass is 356 g/mol. The van der Waals surface area contributed by atoms with Crippen LogP contribution < -0.4 is 16.9 Å². The lowest BCUT2D eigenvalue weighted by Gasteiger charge is -2.13. The van der Waals surface area contributed by atoms with Crippen LogP contribution in [0.4, 0.5) is 23.4 Å². The summed E-state index contributed by atoms with van der Waals surface area (Å²) in [4.78, 5) is 0. The van der Waals surface area contributed by atoms with Crippen LogP contribution in [0.15, 0.2) is 35.9 Å². The third kappa shape index (κ3) is 4.28. The van der Waals surface area contributed by atoms with Crippen LogP contribution >= 0.6 is 0 Å². The van der Waals surface area contributed by atoms with Crippen LogP contribution in [0.25, 0.3) is 6.08 Å². The van der Waals surface area contributed by atoms with Gasteiger partial charge in [-0.15, -0.1) is 0 Å². The number of benzene rings is 1. The van der Waals surface area contributed by atoms with Gasteiger partial charge in [-0.05, 0) is 6.07 Å². The molecule has 6 nitrogen and oxygen atoms in total. The molecule has 0 fully saturated rings. The minimum Gasteiger partial charge on any atom is -0.380 e. The molecule has 0 saturated heterocycles. The van der Waals surface area contributed by atoms with Crippen LogP contribution in [-0.2, 0) is 6.54 Å². The van der Waals surface area contributed by atoms with E-state index >= 15 is 0 Å². The molecule has 25 heavy (non-hydrogen) atoms. The zero-order valence-electron chi connectivity index (χ0n) is 13.0. The first kappa shape index (κ1) is 18.3. The molecule has 0 aliphatic rings. The van der Waals surface area contributed by atoms with Gasteiger partial charge in [0.1, 0.15) is 23.9 Å². The summed E-state index contributed by atoms with van der Waals surface area (Å²) in [6, 6.07) is 5.85. The van der Waals surface area contributed by atoms with Gasteiger partial charge in [-0.3, -0.25) is 0 Å². The molecule has 0 amide bonds. The number of nitrogens with one attached hydrogen (secondary N) is 1. The van der Waals surface area contributed by atoms with Crippen molar-refractivity contribution in [2.75, 3.05) is 11.9 Å². The van der Waals surface area contributed by atoms with Crippen LogP contribution in [0.1, 0.15) is 16.8 Å². The third-order valence-electron chi connectivity index (χ3n) is 3.31. The molecule has 0 saturated carbocycles. The maximum Gasteiger partial charge on any atom is 0.405 e. The number of anilines is 1. The lowest BCUT2D eigenvalue weighted by molar-refractivity contribution is -0.115. The zero-order chi connectivity index (χ0) is 18.6. The Bertz CT molecular complexity index is 794. The summed E-state index contributed by atoms with van der Waals surface area (Å²) in [5.41, 5.74) is 6.12. The van der Waals surface area contributed by atoms with Crippen molar-refractivity contribution >= 4 is 17.7 Å². The van der Waals surface area contributed by atoms with Gasteiger partial charge in [0.2, 0.25) is 0 Å². The van der Waals surface area contributed by atoms with Gasteiger partial charge in [0.15, 0.2) is 5.84 Å². The van der Waals surface area contributed by atoms with Crippen LogP contribution in [0.2, 0.25) is 0 Å². The van der Waals surface area contributed by atoms with Crippen molar-refractivity contribution in [3.63, 3.8) is 0 Å². The molecule has 5 N–H and O–H groups in total. The Morgan fingerprint density at radius 3 is 2.60 bits per heavy atom. The quantitative estimate of drug-likeness (QED) is 0.243. The summed E-state index contributed by atoms with van der Waals surface area (Å²) < 4.78 is 52.8. The highest BCUT2D eigenvalue weighted by atomic mass is 19.4. The fourth-order valence-corrected chi connectivity index (χ4v) is 2.19. The molecule has 134 valence electrons. The smallest absolute Gasteiger partial charge is 0.380 e. The van der Waals surface area contributed by atoms with Crippen molar-refractivity contribution in [1.29, 1.82) is 0 Å². The predicted octanol–water partition coefficient (Wildman–Crippen LogP) is 2.27. The minimum absolute atomic E-state index is 0.0165. The fraction of sp³-hybridized carbons (Fsp3) is 0.200. The van der Waals surface area contributed by atoms with Gasteiger partial charge in [-0.2, -0.15) is 23.4 Å². The molecular weight excluding hydrogens is 340 g/mol. The van der Waals surface area contributed by atoms with Crippen LogP contribution in [0.3, 0.4) is 0 Å². The molecule has 1 heterocycles. The largest absolute Gasteiger partial charge is 0.405 e. The van der Waals surface area contributed by atoms with Gasteiger partial charge in [0.25, 0.3) is 0 Å².